The normalized spacial score (nSPS) is 32.9. The number of carbonyl (C=O) groups is 1. The molecular formula is C25H28O7. The number of hydrogen-bond acceptors (Lipinski definition) is 7. The van der Waals surface area contributed by atoms with Gasteiger partial charge in [-0.1, -0.05) is 60.7 Å². The second-order valence-electron chi connectivity index (χ2n) is 8.96. The molecule has 0 bridgehead atoms. The highest BCUT2D eigenvalue weighted by molar-refractivity contribution is 5.85. The first-order valence-electron chi connectivity index (χ1n) is 10.9. The molecule has 0 radical (unpaired) electrons. The van der Waals surface area contributed by atoms with Gasteiger partial charge in [0.05, 0.1) is 26.4 Å². The standard InChI is InChI=1S/C25H28O7/c1-23(2)30-17-25-22(26)29-16-24(25,32-23)21(28-14-19-11-7-4-8-12-19)20(31-25)15-27-13-18-9-5-3-6-10-18/h3-12,20-21H,13-17H2,1-2H3/t20-,21-,24+,25-/m1/s1. The Bertz CT molecular complexity index is 947. The summed E-state index contributed by atoms with van der Waals surface area (Å²) in [5.74, 6) is -1.39. The van der Waals surface area contributed by atoms with Crippen molar-refractivity contribution in [3.05, 3.63) is 71.8 Å². The van der Waals surface area contributed by atoms with E-state index in [4.69, 9.17) is 28.4 Å². The lowest BCUT2D eigenvalue weighted by atomic mass is 9.81. The molecule has 3 heterocycles. The van der Waals surface area contributed by atoms with Gasteiger partial charge in [0.1, 0.15) is 18.8 Å². The molecule has 3 saturated heterocycles. The van der Waals surface area contributed by atoms with Gasteiger partial charge in [0.2, 0.25) is 5.60 Å². The Hall–Kier alpha value is -2.29. The molecule has 0 aliphatic carbocycles. The Morgan fingerprint density at radius 3 is 2.28 bits per heavy atom. The van der Waals surface area contributed by atoms with Gasteiger partial charge in [0.15, 0.2) is 11.4 Å². The molecule has 3 aliphatic rings. The zero-order chi connectivity index (χ0) is 22.2. The average Bonchev–Trinajstić information content (AvgIpc) is 3.22. The fourth-order valence-corrected chi connectivity index (χ4v) is 4.78. The van der Waals surface area contributed by atoms with Gasteiger partial charge in [-0.05, 0) is 25.0 Å². The van der Waals surface area contributed by atoms with Gasteiger partial charge >= 0.3 is 5.97 Å². The molecule has 3 aliphatic heterocycles. The highest BCUT2D eigenvalue weighted by Crippen LogP contribution is 2.54. The van der Waals surface area contributed by atoms with E-state index in [-0.39, 0.29) is 19.8 Å². The summed E-state index contributed by atoms with van der Waals surface area (Å²) in [6.07, 6.45) is -1.10. The Kier molecular flexibility index (Phi) is 5.55. The zero-order valence-electron chi connectivity index (χ0n) is 18.3. The van der Waals surface area contributed by atoms with E-state index >= 15 is 0 Å². The third-order valence-corrected chi connectivity index (χ3v) is 6.30. The van der Waals surface area contributed by atoms with E-state index in [9.17, 15) is 4.79 Å². The van der Waals surface area contributed by atoms with E-state index in [1.807, 2.05) is 74.5 Å². The summed E-state index contributed by atoms with van der Waals surface area (Å²) in [6.45, 7) is 4.76. The van der Waals surface area contributed by atoms with E-state index in [1.54, 1.807) is 0 Å². The lowest BCUT2D eigenvalue weighted by Crippen LogP contribution is -2.68. The molecule has 2 aromatic carbocycles. The minimum absolute atomic E-state index is 0.0409. The minimum Gasteiger partial charge on any atom is -0.460 e. The third kappa shape index (κ3) is 3.64. The van der Waals surface area contributed by atoms with Crippen LogP contribution >= 0.6 is 0 Å². The predicted molar refractivity (Wildman–Crippen MR) is 114 cm³/mol. The van der Waals surface area contributed by atoms with Gasteiger partial charge in [-0.15, -0.1) is 0 Å². The molecule has 0 N–H and O–H groups in total. The van der Waals surface area contributed by atoms with Crippen LogP contribution < -0.4 is 0 Å². The van der Waals surface area contributed by atoms with Crippen LogP contribution in [-0.4, -0.2) is 55.0 Å². The molecule has 5 rings (SSSR count). The van der Waals surface area contributed by atoms with Gasteiger partial charge in [0, 0.05) is 0 Å². The molecule has 3 fully saturated rings. The summed E-state index contributed by atoms with van der Waals surface area (Å²) in [6, 6.07) is 19.8. The fraction of sp³-hybridized carbons (Fsp3) is 0.480. The fourth-order valence-electron chi connectivity index (χ4n) is 4.78. The molecular weight excluding hydrogens is 412 g/mol. The summed E-state index contributed by atoms with van der Waals surface area (Å²) < 4.78 is 36.4. The van der Waals surface area contributed by atoms with Crippen molar-refractivity contribution in [2.24, 2.45) is 0 Å². The zero-order valence-corrected chi connectivity index (χ0v) is 18.3. The molecule has 0 amide bonds. The van der Waals surface area contributed by atoms with E-state index < -0.39 is 35.2 Å². The van der Waals surface area contributed by atoms with Crippen molar-refractivity contribution in [2.75, 3.05) is 19.8 Å². The minimum atomic E-state index is -1.37. The van der Waals surface area contributed by atoms with E-state index in [2.05, 4.69) is 0 Å². The van der Waals surface area contributed by atoms with Crippen molar-refractivity contribution >= 4 is 5.97 Å². The number of cyclic esters (lactones) is 1. The topological polar surface area (TPSA) is 72.5 Å². The van der Waals surface area contributed by atoms with Crippen molar-refractivity contribution in [2.45, 2.75) is 56.3 Å². The highest BCUT2D eigenvalue weighted by atomic mass is 16.8. The number of rotatable bonds is 7. The first-order chi connectivity index (χ1) is 15.4. The van der Waals surface area contributed by atoms with Crippen LogP contribution in [0.1, 0.15) is 25.0 Å². The van der Waals surface area contributed by atoms with Crippen molar-refractivity contribution in [3.63, 3.8) is 0 Å². The Labute approximate surface area is 187 Å². The molecule has 2 aromatic rings. The maximum Gasteiger partial charge on any atom is 0.344 e. The molecule has 0 spiro atoms. The first-order valence-corrected chi connectivity index (χ1v) is 10.9. The van der Waals surface area contributed by atoms with Gasteiger partial charge in [-0.3, -0.25) is 0 Å². The van der Waals surface area contributed by atoms with Gasteiger partial charge < -0.3 is 28.4 Å². The summed E-state index contributed by atoms with van der Waals surface area (Å²) >= 11 is 0. The molecule has 0 unspecified atom stereocenters. The van der Waals surface area contributed by atoms with E-state index in [0.29, 0.717) is 13.2 Å². The monoisotopic (exact) mass is 440 g/mol. The molecule has 170 valence electrons. The summed E-state index contributed by atoms with van der Waals surface area (Å²) in [7, 11) is 0. The molecule has 7 heteroatoms. The van der Waals surface area contributed by atoms with Gasteiger partial charge in [0.25, 0.3) is 0 Å². The van der Waals surface area contributed by atoms with Crippen LogP contribution in [0.2, 0.25) is 0 Å². The number of carbonyl (C=O) groups excluding carboxylic acids is 1. The molecule has 4 atom stereocenters. The van der Waals surface area contributed by atoms with E-state index in [1.165, 1.54) is 0 Å². The van der Waals surface area contributed by atoms with Crippen LogP contribution in [0.5, 0.6) is 0 Å². The third-order valence-electron chi connectivity index (χ3n) is 6.30. The largest absolute Gasteiger partial charge is 0.460 e. The Balaban J connectivity index is 1.40. The van der Waals surface area contributed by atoms with Gasteiger partial charge in [-0.25, -0.2) is 4.79 Å². The Morgan fingerprint density at radius 2 is 1.59 bits per heavy atom. The summed E-state index contributed by atoms with van der Waals surface area (Å²) in [4.78, 5) is 12.9. The second-order valence-corrected chi connectivity index (χ2v) is 8.96. The molecule has 32 heavy (non-hydrogen) atoms. The van der Waals surface area contributed by atoms with Crippen LogP contribution in [0.3, 0.4) is 0 Å². The Morgan fingerprint density at radius 1 is 0.938 bits per heavy atom. The summed E-state index contributed by atoms with van der Waals surface area (Å²) in [5.41, 5.74) is -0.408. The van der Waals surface area contributed by atoms with Crippen LogP contribution in [0.25, 0.3) is 0 Å². The number of ether oxygens (including phenoxy) is 6. The van der Waals surface area contributed by atoms with Crippen molar-refractivity contribution < 1.29 is 33.2 Å². The van der Waals surface area contributed by atoms with Crippen LogP contribution in [0.15, 0.2) is 60.7 Å². The van der Waals surface area contributed by atoms with E-state index in [0.717, 1.165) is 11.1 Å². The van der Waals surface area contributed by atoms with Gasteiger partial charge in [-0.2, -0.15) is 0 Å². The summed E-state index contributed by atoms with van der Waals surface area (Å²) in [5, 5.41) is 0. The number of benzene rings is 2. The van der Waals surface area contributed by atoms with Crippen LogP contribution in [0, 0.1) is 0 Å². The lowest BCUT2D eigenvalue weighted by Gasteiger charge is -2.47. The predicted octanol–water partition coefficient (Wildman–Crippen LogP) is 3.00. The quantitative estimate of drug-likeness (QED) is 0.613. The smallest absolute Gasteiger partial charge is 0.344 e. The number of hydrogen-bond donors (Lipinski definition) is 0. The van der Waals surface area contributed by atoms with Crippen LogP contribution in [-0.2, 0) is 46.4 Å². The SMILES string of the molecule is CC1(C)OC[C@]23O[C@H](COCc4ccccc4)[C@@H](OCc4ccccc4)[C@]2(COC3=O)O1. The molecule has 0 aromatic heterocycles. The lowest BCUT2D eigenvalue weighted by molar-refractivity contribution is -0.352. The number of esters is 1. The van der Waals surface area contributed by atoms with Crippen LogP contribution in [0.4, 0.5) is 0 Å². The van der Waals surface area contributed by atoms with Crippen molar-refractivity contribution in [1.29, 1.82) is 0 Å². The first kappa shape index (κ1) is 21.6. The second kappa shape index (κ2) is 8.24. The van der Waals surface area contributed by atoms with Crippen molar-refractivity contribution in [1.82, 2.24) is 0 Å². The maximum absolute atomic E-state index is 12.9. The van der Waals surface area contributed by atoms with Crippen molar-refractivity contribution in [3.8, 4) is 0 Å². The molecule has 7 nitrogen and oxygen atoms in total. The maximum atomic E-state index is 12.9. The average molecular weight is 440 g/mol. The molecule has 0 saturated carbocycles. The highest BCUT2D eigenvalue weighted by Gasteiger charge is 2.79.